The fraction of sp³-hybridized carbons (Fsp3) is 0.0625. The van der Waals surface area contributed by atoms with Crippen molar-refractivity contribution in [3.05, 3.63) is 74.2 Å². The molecule has 0 aliphatic rings. The van der Waals surface area contributed by atoms with E-state index in [4.69, 9.17) is 0 Å². The second kappa shape index (κ2) is 6.79. The summed E-state index contributed by atoms with van der Waals surface area (Å²) in [5.41, 5.74) is 0.240. The normalized spacial score (nSPS) is 11.9. The SMILES string of the molecule is O=C(/C=C/c1ccc(C(F)(F)F)cc1Br)c1ccccc1Br. The zero-order valence-electron chi connectivity index (χ0n) is 11.0. The van der Waals surface area contributed by atoms with E-state index in [1.165, 1.54) is 18.2 Å². The highest BCUT2D eigenvalue weighted by Crippen LogP contribution is 2.32. The Morgan fingerprint density at radius 1 is 1.00 bits per heavy atom. The van der Waals surface area contributed by atoms with Crippen LogP contribution in [0.5, 0.6) is 0 Å². The maximum Gasteiger partial charge on any atom is 0.416 e. The van der Waals surface area contributed by atoms with Crippen molar-refractivity contribution in [2.45, 2.75) is 6.18 Å². The highest BCUT2D eigenvalue weighted by Gasteiger charge is 2.30. The van der Waals surface area contributed by atoms with Gasteiger partial charge in [-0.3, -0.25) is 4.79 Å². The number of hydrogen-bond donors (Lipinski definition) is 0. The average molecular weight is 434 g/mol. The first-order valence-corrected chi connectivity index (χ1v) is 7.71. The molecule has 22 heavy (non-hydrogen) atoms. The minimum absolute atomic E-state index is 0.237. The summed E-state index contributed by atoms with van der Waals surface area (Å²) in [6, 6.07) is 10.2. The molecule has 2 aromatic rings. The summed E-state index contributed by atoms with van der Waals surface area (Å²) < 4.78 is 38.7. The first-order valence-electron chi connectivity index (χ1n) is 6.13. The molecule has 0 heterocycles. The zero-order chi connectivity index (χ0) is 16.3. The second-order valence-corrected chi connectivity index (χ2v) is 6.12. The van der Waals surface area contributed by atoms with Crippen molar-refractivity contribution < 1.29 is 18.0 Å². The van der Waals surface area contributed by atoms with Crippen LogP contribution in [-0.4, -0.2) is 5.78 Å². The third-order valence-electron chi connectivity index (χ3n) is 2.88. The summed E-state index contributed by atoms with van der Waals surface area (Å²) >= 11 is 6.37. The van der Waals surface area contributed by atoms with Crippen LogP contribution < -0.4 is 0 Å². The van der Waals surface area contributed by atoms with Gasteiger partial charge in [-0.15, -0.1) is 0 Å². The van der Waals surface area contributed by atoms with E-state index in [-0.39, 0.29) is 10.3 Å². The number of alkyl halides is 3. The molecule has 0 saturated carbocycles. The maximum atomic E-state index is 12.6. The first kappa shape index (κ1) is 17.0. The summed E-state index contributed by atoms with van der Waals surface area (Å²) in [5.74, 6) is -0.237. The van der Waals surface area contributed by atoms with Gasteiger partial charge in [0.15, 0.2) is 5.78 Å². The quantitative estimate of drug-likeness (QED) is 0.420. The van der Waals surface area contributed by atoms with Gasteiger partial charge in [0.2, 0.25) is 0 Å². The largest absolute Gasteiger partial charge is 0.416 e. The molecule has 0 aromatic heterocycles. The van der Waals surface area contributed by atoms with Crippen LogP contribution in [0.2, 0.25) is 0 Å². The van der Waals surface area contributed by atoms with Crippen LogP contribution in [0.15, 0.2) is 57.5 Å². The minimum atomic E-state index is -4.39. The predicted octanol–water partition coefficient (Wildman–Crippen LogP) is 6.13. The fourth-order valence-electron chi connectivity index (χ4n) is 1.75. The first-order chi connectivity index (χ1) is 10.3. The average Bonchev–Trinajstić information content (AvgIpc) is 2.45. The summed E-state index contributed by atoms with van der Waals surface area (Å²) in [6.07, 6.45) is -1.59. The van der Waals surface area contributed by atoms with E-state index in [1.807, 2.05) is 0 Å². The molecule has 0 aliphatic heterocycles. The Morgan fingerprint density at radius 3 is 2.27 bits per heavy atom. The van der Waals surface area contributed by atoms with Crippen LogP contribution >= 0.6 is 31.9 Å². The third kappa shape index (κ3) is 4.08. The van der Waals surface area contributed by atoms with E-state index in [2.05, 4.69) is 31.9 Å². The maximum absolute atomic E-state index is 12.6. The van der Waals surface area contributed by atoms with Gasteiger partial charge in [0.1, 0.15) is 0 Å². The van der Waals surface area contributed by atoms with Crippen LogP contribution in [0, 0.1) is 0 Å². The van der Waals surface area contributed by atoms with E-state index in [9.17, 15) is 18.0 Å². The van der Waals surface area contributed by atoms with Crippen molar-refractivity contribution in [1.82, 2.24) is 0 Å². The highest BCUT2D eigenvalue weighted by atomic mass is 79.9. The van der Waals surface area contributed by atoms with Gasteiger partial charge in [-0.05, 0) is 42.0 Å². The fourth-order valence-corrected chi connectivity index (χ4v) is 2.75. The monoisotopic (exact) mass is 432 g/mol. The molecule has 0 bridgehead atoms. The van der Waals surface area contributed by atoms with Gasteiger partial charge in [0, 0.05) is 14.5 Å². The van der Waals surface area contributed by atoms with Crippen LogP contribution in [0.4, 0.5) is 13.2 Å². The molecule has 0 amide bonds. The molecule has 0 fully saturated rings. The Balaban J connectivity index is 2.24. The molecule has 0 unspecified atom stereocenters. The Hall–Kier alpha value is -1.40. The molecule has 114 valence electrons. The molecule has 1 nitrogen and oxygen atoms in total. The summed E-state index contributed by atoms with van der Waals surface area (Å²) in [6.45, 7) is 0. The number of carbonyl (C=O) groups excluding carboxylic acids is 1. The summed E-state index contributed by atoms with van der Waals surface area (Å²) in [5, 5.41) is 0. The molecule has 2 rings (SSSR count). The number of ketones is 1. The Bertz CT molecular complexity index is 736. The van der Waals surface area contributed by atoms with Crippen LogP contribution in [0.3, 0.4) is 0 Å². The molecular formula is C16H9Br2F3O. The number of carbonyl (C=O) groups is 1. The van der Waals surface area contributed by atoms with Crippen molar-refractivity contribution in [2.24, 2.45) is 0 Å². The lowest BCUT2D eigenvalue weighted by Gasteiger charge is -2.08. The van der Waals surface area contributed by atoms with Crippen LogP contribution in [0.25, 0.3) is 6.08 Å². The van der Waals surface area contributed by atoms with E-state index in [0.717, 1.165) is 12.1 Å². The molecule has 0 spiro atoms. The van der Waals surface area contributed by atoms with E-state index < -0.39 is 11.7 Å². The lowest BCUT2D eigenvalue weighted by Crippen LogP contribution is -2.04. The molecular weight excluding hydrogens is 425 g/mol. The lowest BCUT2D eigenvalue weighted by molar-refractivity contribution is -0.137. The molecule has 0 N–H and O–H groups in total. The van der Waals surface area contributed by atoms with Gasteiger partial charge in [0.05, 0.1) is 5.56 Å². The van der Waals surface area contributed by atoms with E-state index >= 15 is 0 Å². The second-order valence-electron chi connectivity index (χ2n) is 4.41. The highest BCUT2D eigenvalue weighted by molar-refractivity contribution is 9.10. The van der Waals surface area contributed by atoms with Crippen LogP contribution in [0.1, 0.15) is 21.5 Å². The standard InChI is InChI=1S/C16H9Br2F3O/c17-13-4-2-1-3-12(13)15(22)8-6-10-5-7-11(9-14(10)18)16(19,20)21/h1-9H/b8-6+. The Labute approximate surface area is 142 Å². The van der Waals surface area contributed by atoms with Gasteiger partial charge in [0.25, 0.3) is 0 Å². The van der Waals surface area contributed by atoms with Crippen molar-refractivity contribution in [3.8, 4) is 0 Å². The van der Waals surface area contributed by atoms with E-state index in [1.54, 1.807) is 24.3 Å². The molecule has 0 saturated heterocycles. The number of hydrogen-bond acceptors (Lipinski definition) is 1. The lowest BCUT2D eigenvalue weighted by atomic mass is 10.1. The minimum Gasteiger partial charge on any atom is -0.289 e. The number of allylic oxidation sites excluding steroid dienone is 1. The van der Waals surface area contributed by atoms with Crippen molar-refractivity contribution in [1.29, 1.82) is 0 Å². The third-order valence-corrected chi connectivity index (χ3v) is 4.26. The van der Waals surface area contributed by atoms with Crippen molar-refractivity contribution >= 4 is 43.7 Å². The topological polar surface area (TPSA) is 17.1 Å². The molecule has 6 heteroatoms. The summed E-state index contributed by atoms with van der Waals surface area (Å²) in [7, 11) is 0. The Morgan fingerprint density at radius 2 is 1.68 bits per heavy atom. The van der Waals surface area contributed by atoms with Crippen molar-refractivity contribution in [2.75, 3.05) is 0 Å². The van der Waals surface area contributed by atoms with Crippen LogP contribution in [-0.2, 0) is 6.18 Å². The zero-order valence-corrected chi connectivity index (χ0v) is 14.2. The number of rotatable bonds is 3. The predicted molar refractivity (Wildman–Crippen MR) is 86.7 cm³/mol. The smallest absolute Gasteiger partial charge is 0.289 e. The Kier molecular flexibility index (Phi) is 5.24. The van der Waals surface area contributed by atoms with E-state index in [0.29, 0.717) is 15.6 Å². The molecule has 0 aliphatic carbocycles. The molecule has 0 radical (unpaired) electrons. The number of halogens is 5. The van der Waals surface area contributed by atoms with Gasteiger partial charge < -0.3 is 0 Å². The molecule has 0 atom stereocenters. The summed E-state index contributed by atoms with van der Waals surface area (Å²) in [4.78, 5) is 12.1. The number of benzene rings is 2. The van der Waals surface area contributed by atoms with Gasteiger partial charge in [-0.25, -0.2) is 0 Å². The van der Waals surface area contributed by atoms with Gasteiger partial charge in [-0.1, -0.05) is 50.1 Å². The van der Waals surface area contributed by atoms with Gasteiger partial charge in [-0.2, -0.15) is 13.2 Å². The van der Waals surface area contributed by atoms with Crippen molar-refractivity contribution in [3.63, 3.8) is 0 Å². The van der Waals surface area contributed by atoms with Gasteiger partial charge >= 0.3 is 6.18 Å². The molecule has 2 aromatic carbocycles.